The van der Waals surface area contributed by atoms with Crippen molar-refractivity contribution < 1.29 is 14.0 Å². The summed E-state index contributed by atoms with van der Waals surface area (Å²) in [6.45, 7) is -0.137. The maximum atomic E-state index is 13.0. The smallest absolute Gasteiger partial charge is 0.255 e. The van der Waals surface area contributed by atoms with E-state index in [4.69, 9.17) is 11.6 Å². The summed E-state index contributed by atoms with van der Waals surface area (Å²) >= 11 is 5.85. The zero-order chi connectivity index (χ0) is 16.1. The van der Waals surface area contributed by atoms with Gasteiger partial charge in [-0.2, -0.15) is 0 Å². The number of nitrogens with one attached hydrogen (secondary N) is 1. The molecule has 0 aromatic heterocycles. The summed E-state index contributed by atoms with van der Waals surface area (Å²) in [5.41, 5.74) is 0.797. The van der Waals surface area contributed by atoms with Gasteiger partial charge in [-0.15, -0.1) is 0 Å². The van der Waals surface area contributed by atoms with Crippen LogP contribution in [0.4, 0.5) is 10.1 Å². The van der Waals surface area contributed by atoms with Crippen LogP contribution in [-0.2, 0) is 4.79 Å². The van der Waals surface area contributed by atoms with Gasteiger partial charge in [0.1, 0.15) is 5.82 Å². The molecule has 0 saturated heterocycles. The molecular formula is C16H14ClFN2O2. The van der Waals surface area contributed by atoms with Crippen molar-refractivity contribution in [3.63, 3.8) is 0 Å². The molecule has 114 valence electrons. The number of benzene rings is 2. The molecule has 22 heavy (non-hydrogen) atoms. The van der Waals surface area contributed by atoms with E-state index < -0.39 is 11.7 Å². The molecule has 2 aromatic carbocycles. The van der Waals surface area contributed by atoms with E-state index >= 15 is 0 Å². The third kappa shape index (κ3) is 4.05. The fraction of sp³-hybridized carbons (Fsp3) is 0.125. The summed E-state index contributed by atoms with van der Waals surface area (Å²) in [6.07, 6.45) is 0. The lowest BCUT2D eigenvalue weighted by molar-refractivity contribution is -0.116. The van der Waals surface area contributed by atoms with E-state index in [0.717, 1.165) is 12.1 Å². The Labute approximate surface area is 132 Å². The van der Waals surface area contributed by atoms with Crippen molar-refractivity contribution in [1.29, 1.82) is 0 Å². The maximum absolute atomic E-state index is 13.0. The van der Waals surface area contributed by atoms with Gasteiger partial charge in [0.25, 0.3) is 5.91 Å². The summed E-state index contributed by atoms with van der Waals surface area (Å²) in [4.78, 5) is 25.3. The lowest BCUT2D eigenvalue weighted by Crippen LogP contribution is -2.35. The van der Waals surface area contributed by atoms with Gasteiger partial charge in [0.2, 0.25) is 5.91 Å². The molecule has 0 unspecified atom stereocenters. The van der Waals surface area contributed by atoms with Crippen LogP contribution in [0, 0.1) is 5.82 Å². The molecule has 0 spiro atoms. The number of anilines is 1. The lowest BCUT2D eigenvalue weighted by atomic mass is 10.2. The Bertz CT molecular complexity index is 692. The van der Waals surface area contributed by atoms with E-state index in [9.17, 15) is 14.0 Å². The highest BCUT2D eigenvalue weighted by Crippen LogP contribution is 2.18. The van der Waals surface area contributed by atoms with Gasteiger partial charge < -0.3 is 10.2 Å². The number of carbonyl (C=O) groups excluding carboxylic acids is 2. The highest BCUT2D eigenvalue weighted by Gasteiger charge is 2.18. The van der Waals surface area contributed by atoms with Gasteiger partial charge in [-0.25, -0.2) is 4.39 Å². The van der Waals surface area contributed by atoms with Crippen LogP contribution in [0.2, 0.25) is 5.02 Å². The van der Waals surface area contributed by atoms with Crippen molar-refractivity contribution in [2.45, 2.75) is 0 Å². The zero-order valence-electron chi connectivity index (χ0n) is 11.8. The standard InChI is InChI=1S/C16H14ClFN2O2/c1-20(10-15(21)19-12-5-3-2-4-6-12)16(22)13-8-7-11(18)9-14(13)17/h2-9H,10H2,1H3,(H,19,21). The molecule has 4 nitrogen and oxygen atoms in total. The van der Waals surface area contributed by atoms with Crippen LogP contribution in [0.1, 0.15) is 10.4 Å². The van der Waals surface area contributed by atoms with Crippen molar-refractivity contribution in [3.05, 3.63) is 64.9 Å². The predicted octanol–water partition coefficient (Wildman–Crippen LogP) is 3.19. The minimum absolute atomic E-state index is 0.0142. The molecule has 0 aliphatic rings. The molecule has 0 saturated carbocycles. The first-order chi connectivity index (χ1) is 10.5. The Morgan fingerprint density at radius 3 is 2.50 bits per heavy atom. The number of amides is 2. The van der Waals surface area contributed by atoms with Crippen molar-refractivity contribution in [3.8, 4) is 0 Å². The molecule has 0 bridgehead atoms. The Morgan fingerprint density at radius 1 is 1.18 bits per heavy atom. The second-order valence-electron chi connectivity index (χ2n) is 4.70. The Morgan fingerprint density at radius 2 is 1.86 bits per heavy atom. The highest BCUT2D eigenvalue weighted by molar-refractivity contribution is 6.33. The predicted molar refractivity (Wildman–Crippen MR) is 83.4 cm³/mol. The van der Waals surface area contributed by atoms with Crippen molar-refractivity contribution >= 4 is 29.1 Å². The number of halogens is 2. The lowest BCUT2D eigenvalue weighted by Gasteiger charge is -2.17. The first kappa shape index (κ1) is 16.0. The van der Waals surface area contributed by atoms with Crippen LogP contribution in [0.5, 0.6) is 0 Å². The maximum Gasteiger partial charge on any atom is 0.255 e. The molecule has 6 heteroatoms. The number of likely N-dealkylation sites (N-methyl/N-ethyl adjacent to an activating group) is 1. The number of carbonyl (C=O) groups is 2. The third-order valence-electron chi connectivity index (χ3n) is 2.95. The summed E-state index contributed by atoms with van der Waals surface area (Å²) in [7, 11) is 1.48. The minimum Gasteiger partial charge on any atom is -0.332 e. The fourth-order valence-corrected chi connectivity index (χ4v) is 2.13. The van der Waals surface area contributed by atoms with Gasteiger partial charge in [0, 0.05) is 12.7 Å². The minimum atomic E-state index is -0.522. The Hall–Kier alpha value is -2.40. The largest absolute Gasteiger partial charge is 0.332 e. The summed E-state index contributed by atoms with van der Waals surface area (Å²) < 4.78 is 13.0. The Balaban J connectivity index is 2.00. The quantitative estimate of drug-likeness (QED) is 0.940. The van der Waals surface area contributed by atoms with Gasteiger partial charge in [0.15, 0.2) is 0 Å². The van der Waals surface area contributed by atoms with Crippen LogP contribution in [-0.4, -0.2) is 30.3 Å². The molecule has 0 radical (unpaired) electrons. The number of rotatable bonds is 4. The van der Waals surface area contributed by atoms with Crippen molar-refractivity contribution in [1.82, 2.24) is 4.90 Å². The highest BCUT2D eigenvalue weighted by atomic mass is 35.5. The van der Waals surface area contributed by atoms with Crippen LogP contribution in [0.3, 0.4) is 0 Å². The zero-order valence-corrected chi connectivity index (χ0v) is 12.6. The van der Waals surface area contributed by atoms with Crippen molar-refractivity contribution in [2.75, 3.05) is 18.9 Å². The number of hydrogen-bond acceptors (Lipinski definition) is 2. The monoisotopic (exact) mass is 320 g/mol. The van der Waals surface area contributed by atoms with E-state index in [0.29, 0.717) is 5.69 Å². The van der Waals surface area contributed by atoms with Crippen molar-refractivity contribution in [2.24, 2.45) is 0 Å². The van der Waals surface area contributed by atoms with E-state index in [-0.39, 0.29) is 23.0 Å². The summed E-state index contributed by atoms with van der Waals surface area (Å²) in [5, 5.41) is 2.69. The molecule has 0 aliphatic heterocycles. The van der Waals surface area contributed by atoms with Gasteiger partial charge >= 0.3 is 0 Å². The van der Waals surface area contributed by atoms with Gasteiger partial charge in [-0.1, -0.05) is 29.8 Å². The van der Waals surface area contributed by atoms with E-state index in [1.54, 1.807) is 24.3 Å². The second-order valence-corrected chi connectivity index (χ2v) is 5.11. The SMILES string of the molecule is CN(CC(=O)Nc1ccccc1)C(=O)c1ccc(F)cc1Cl. The molecule has 1 N–H and O–H groups in total. The first-order valence-electron chi connectivity index (χ1n) is 6.53. The van der Waals surface area contributed by atoms with E-state index in [2.05, 4.69) is 5.32 Å². The van der Waals surface area contributed by atoms with Crippen LogP contribution >= 0.6 is 11.6 Å². The fourth-order valence-electron chi connectivity index (χ4n) is 1.88. The van der Waals surface area contributed by atoms with Gasteiger partial charge in [-0.3, -0.25) is 9.59 Å². The van der Waals surface area contributed by atoms with Crippen LogP contribution < -0.4 is 5.32 Å². The molecular weight excluding hydrogens is 307 g/mol. The molecule has 2 amide bonds. The van der Waals surface area contributed by atoms with E-state index in [1.807, 2.05) is 6.07 Å². The molecule has 0 aliphatic carbocycles. The third-order valence-corrected chi connectivity index (χ3v) is 3.26. The number of nitrogens with zero attached hydrogens (tertiary/aromatic N) is 1. The van der Waals surface area contributed by atoms with E-state index in [1.165, 1.54) is 18.0 Å². The summed E-state index contributed by atoms with van der Waals surface area (Å²) in [5.74, 6) is -1.31. The van der Waals surface area contributed by atoms with Crippen LogP contribution in [0.15, 0.2) is 48.5 Å². The average Bonchev–Trinajstić information content (AvgIpc) is 2.47. The molecule has 2 rings (SSSR count). The topological polar surface area (TPSA) is 49.4 Å². The van der Waals surface area contributed by atoms with Gasteiger partial charge in [-0.05, 0) is 30.3 Å². The number of hydrogen-bond donors (Lipinski definition) is 1. The normalized spacial score (nSPS) is 10.1. The molecule has 0 atom stereocenters. The second kappa shape index (κ2) is 7.04. The molecule has 0 heterocycles. The number of para-hydroxylation sites is 1. The average molecular weight is 321 g/mol. The summed E-state index contributed by atoms with van der Waals surface area (Å²) in [6, 6.07) is 12.4. The molecule has 2 aromatic rings. The first-order valence-corrected chi connectivity index (χ1v) is 6.90. The van der Waals surface area contributed by atoms with Gasteiger partial charge in [0.05, 0.1) is 17.1 Å². The Kier molecular flexibility index (Phi) is 5.12. The van der Waals surface area contributed by atoms with Crippen LogP contribution in [0.25, 0.3) is 0 Å². The molecule has 0 fully saturated rings.